The molecule has 4 nitrogen and oxygen atoms in total. The Labute approximate surface area is 143 Å². The molecule has 126 valence electrons. The summed E-state index contributed by atoms with van der Waals surface area (Å²) in [5.41, 5.74) is 4.59. The molecule has 0 unspecified atom stereocenters. The Kier molecular flexibility index (Phi) is 5.36. The third-order valence-corrected chi connectivity index (χ3v) is 4.53. The van der Waals surface area contributed by atoms with Gasteiger partial charge in [0, 0.05) is 31.0 Å². The second-order valence-corrected chi connectivity index (χ2v) is 6.30. The van der Waals surface area contributed by atoms with Crippen LogP contribution in [0.3, 0.4) is 0 Å². The van der Waals surface area contributed by atoms with Crippen LogP contribution in [0.5, 0.6) is 0 Å². The lowest BCUT2D eigenvalue weighted by Gasteiger charge is -2.18. The number of carbonyl (C=O) groups is 1. The molecular formula is C20H25N3O. The first-order valence-electron chi connectivity index (χ1n) is 8.62. The van der Waals surface area contributed by atoms with Gasteiger partial charge in [0.1, 0.15) is 0 Å². The zero-order chi connectivity index (χ0) is 16.8. The maximum atomic E-state index is 12.0. The number of carbonyl (C=O) groups excluding carboxylic acids is 1. The van der Waals surface area contributed by atoms with Crippen molar-refractivity contribution in [3.63, 3.8) is 0 Å². The SMILES string of the molecule is Cc1ccccc1CNC(=O)CNc1ccc(N2CCCC2)cc1. The van der Waals surface area contributed by atoms with E-state index in [4.69, 9.17) is 0 Å². The predicted octanol–water partition coefficient (Wildman–Crippen LogP) is 3.32. The van der Waals surface area contributed by atoms with E-state index in [0.717, 1.165) is 24.3 Å². The molecule has 2 N–H and O–H groups in total. The maximum Gasteiger partial charge on any atom is 0.239 e. The van der Waals surface area contributed by atoms with Gasteiger partial charge in [0.2, 0.25) is 5.91 Å². The minimum atomic E-state index is 0.00173. The molecule has 1 heterocycles. The van der Waals surface area contributed by atoms with Gasteiger partial charge in [-0.25, -0.2) is 0 Å². The molecule has 0 aromatic heterocycles. The Balaban J connectivity index is 1.45. The van der Waals surface area contributed by atoms with Gasteiger partial charge >= 0.3 is 0 Å². The van der Waals surface area contributed by atoms with E-state index in [-0.39, 0.29) is 12.5 Å². The van der Waals surface area contributed by atoms with Crippen molar-refractivity contribution in [1.29, 1.82) is 0 Å². The van der Waals surface area contributed by atoms with Gasteiger partial charge in [0.05, 0.1) is 6.54 Å². The largest absolute Gasteiger partial charge is 0.376 e. The molecular weight excluding hydrogens is 298 g/mol. The normalized spacial score (nSPS) is 13.8. The highest BCUT2D eigenvalue weighted by atomic mass is 16.1. The summed E-state index contributed by atoms with van der Waals surface area (Å²) in [6.07, 6.45) is 2.56. The molecule has 0 radical (unpaired) electrons. The van der Waals surface area contributed by atoms with Gasteiger partial charge in [-0.2, -0.15) is 0 Å². The highest BCUT2D eigenvalue weighted by Gasteiger charge is 2.11. The summed E-state index contributed by atoms with van der Waals surface area (Å²) >= 11 is 0. The number of aryl methyl sites for hydroxylation is 1. The van der Waals surface area contributed by atoms with Crippen LogP contribution in [0.15, 0.2) is 48.5 Å². The number of hydrogen-bond acceptors (Lipinski definition) is 3. The van der Waals surface area contributed by atoms with Crippen molar-refractivity contribution < 1.29 is 4.79 Å². The summed E-state index contributed by atoms with van der Waals surface area (Å²) in [5.74, 6) is 0.00173. The quantitative estimate of drug-likeness (QED) is 0.857. The molecule has 0 aliphatic carbocycles. The Hall–Kier alpha value is -2.49. The lowest BCUT2D eigenvalue weighted by Crippen LogP contribution is -2.29. The van der Waals surface area contributed by atoms with Crippen LogP contribution in [0.4, 0.5) is 11.4 Å². The molecule has 24 heavy (non-hydrogen) atoms. The fraction of sp³-hybridized carbons (Fsp3) is 0.350. The number of benzene rings is 2. The van der Waals surface area contributed by atoms with Crippen molar-refractivity contribution >= 4 is 17.3 Å². The van der Waals surface area contributed by atoms with Crippen LogP contribution < -0.4 is 15.5 Å². The lowest BCUT2D eigenvalue weighted by atomic mass is 10.1. The number of anilines is 2. The molecule has 0 saturated carbocycles. The summed E-state index contributed by atoms with van der Waals surface area (Å²) in [6.45, 7) is 5.21. The van der Waals surface area contributed by atoms with E-state index in [1.54, 1.807) is 0 Å². The number of hydrogen-bond donors (Lipinski definition) is 2. The monoisotopic (exact) mass is 323 g/mol. The molecule has 4 heteroatoms. The predicted molar refractivity (Wildman–Crippen MR) is 99.4 cm³/mol. The summed E-state index contributed by atoms with van der Waals surface area (Å²) in [7, 11) is 0. The van der Waals surface area contributed by atoms with Crippen LogP contribution in [0.2, 0.25) is 0 Å². The summed E-state index contributed by atoms with van der Waals surface area (Å²) in [5, 5.41) is 6.14. The van der Waals surface area contributed by atoms with Crippen molar-refractivity contribution in [3.8, 4) is 0 Å². The molecule has 0 bridgehead atoms. The van der Waals surface area contributed by atoms with Gasteiger partial charge in [0.25, 0.3) is 0 Å². The summed E-state index contributed by atoms with van der Waals surface area (Å²) in [6, 6.07) is 16.4. The molecule has 0 spiro atoms. The first-order chi connectivity index (χ1) is 11.7. The average molecular weight is 323 g/mol. The van der Waals surface area contributed by atoms with E-state index in [2.05, 4.69) is 40.7 Å². The van der Waals surface area contributed by atoms with Crippen LogP contribution in [0.1, 0.15) is 24.0 Å². The van der Waals surface area contributed by atoms with Crippen molar-refractivity contribution in [1.82, 2.24) is 5.32 Å². The Morgan fingerprint density at radius 2 is 1.75 bits per heavy atom. The van der Waals surface area contributed by atoms with E-state index >= 15 is 0 Å². The molecule has 1 aliphatic heterocycles. The van der Waals surface area contributed by atoms with Gasteiger partial charge < -0.3 is 15.5 Å². The summed E-state index contributed by atoms with van der Waals surface area (Å²) in [4.78, 5) is 14.4. The zero-order valence-electron chi connectivity index (χ0n) is 14.2. The van der Waals surface area contributed by atoms with Crippen LogP contribution in [0, 0.1) is 6.92 Å². The number of nitrogens with zero attached hydrogens (tertiary/aromatic N) is 1. The fourth-order valence-corrected chi connectivity index (χ4v) is 3.01. The molecule has 1 saturated heterocycles. The van der Waals surface area contributed by atoms with Crippen LogP contribution >= 0.6 is 0 Å². The topological polar surface area (TPSA) is 44.4 Å². The maximum absolute atomic E-state index is 12.0. The first kappa shape index (κ1) is 16.4. The molecule has 1 fully saturated rings. The summed E-state index contributed by atoms with van der Waals surface area (Å²) < 4.78 is 0. The van der Waals surface area contributed by atoms with Gasteiger partial charge in [0.15, 0.2) is 0 Å². The second-order valence-electron chi connectivity index (χ2n) is 6.30. The Morgan fingerprint density at radius 3 is 2.46 bits per heavy atom. The van der Waals surface area contributed by atoms with Crippen molar-refractivity contribution in [2.24, 2.45) is 0 Å². The van der Waals surface area contributed by atoms with E-state index in [1.807, 2.05) is 30.3 Å². The minimum Gasteiger partial charge on any atom is -0.376 e. The Bertz CT molecular complexity index is 676. The molecule has 1 aliphatic rings. The third-order valence-electron chi connectivity index (χ3n) is 4.53. The number of rotatable bonds is 6. The highest BCUT2D eigenvalue weighted by Crippen LogP contribution is 2.21. The Morgan fingerprint density at radius 1 is 1.04 bits per heavy atom. The van der Waals surface area contributed by atoms with Crippen LogP contribution in [-0.2, 0) is 11.3 Å². The minimum absolute atomic E-state index is 0.00173. The lowest BCUT2D eigenvalue weighted by molar-refractivity contribution is -0.119. The molecule has 3 rings (SSSR count). The van der Waals surface area contributed by atoms with Gasteiger partial charge in [-0.3, -0.25) is 4.79 Å². The standard InChI is InChI=1S/C20H25N3O/c1-16-6-2-3-7-17(16)14-22-20(24)15-21-18-8-10-19(11-9-18)23-12-4-5-13-23/h2-3,6-11,21H,4-5,12-15H2,1H3,(H,22,24). The fourth-order valence-electron chi connectivity index (χ4n) is 3.01. The highest BCUT2D eigenvalue weighted by molar-refractivity contribution is 5.80. The second kappa shape index (κ2) is 7.86. The van der Waals surface area contributed by atoms with Crippen LogP contribution in [-0.4, -0.2) is 25.5 Å². The third kappa shape index (κ3) is 4.28. The van der Waals surface area contributed by atoms with E-state index in [9.17, 15) is 4.79 Å². The van der Waals surface area contributed by atoms with E-state index in [1.165, 1.54) is 24.1 Å². The van der Waals surface area contributed by atoms with Gasteiger partial charge in [-0.1, -0.05) is 24.3 Å². The zero-order valence-corrected chi connectivity index (χ0v) is 14.2. The van der Waals surface area contributed by atoms with Crippen molar-refractivity contribution in [2.75, 3.05) is 29.9 Å². The van der Waals surface area contributed by atoms with Crippen molar-refractivity contribution in [3.05, 3.63) is 59.7 Å². The van der Waals surface area contributed by atoms with E-state index in [0.29, 0.717) is 6.54 Å². The average Bonchev–Trinajstić information content (AvgIpc) is 3.14. The van der Waals surface area contributed by atoms with E-state index < -0.39 is 0 Å². The smallest absolute Gasteiger partial charge is 0.239 e. The number of amides is 1. The molecule has 0 atom stereocenters. The van der Waals surface area contributed by atoms with Crippen molar-refractivity contribution in [2.45, 2.75) is 26.3 Å². The van der Waals surface area contributed by atoms with Crippen LogP contribution in [0.25, 0.3) is 0 Å². The van der Waals surface area contributed by atoms with Gasteiger partial charge in [-0.05, 0) is 55.2 Å². The van der Waals surface area contributed by atoms with Gasteiger partial charge in [-0.15, -0.1) is 0 Å². The first-order valence-corrected chi connectivity index (χ1v) is 8.62. The molecule has 1 amide bonds. The molecule has 2 aromatic rings. The molecule has 2 aromatic carbocycles. The number of nitrogens with one attached hydrogen (secondary N) is 2.